The molecule has 0 saturated carbocycles. The molecule has 0 aliphatic rings. The van der Waals surface area contributed by atoms with E-state index in [0.29, 0.717) is 11.3 Å². The molecule has 0 aromatic heterocycles. The van der Waals surface area contributed by atoms with Gasteiger partial charge in [-0.3, -0.25) is 4.79 Å². The monoisotopic (exact) mass is 187 g/mol. The van der Waals surface area contributed by atoms with Crippen LogP contribution in [0.3, 0.4) is 0 Å². The fourth-order valence-electron chi connectivity index (χ4n) is 1.29. The minimum absolute atomic E-state index is 0.161. The molecule has 72 valence electrons. The van der Waals surface area contributed by atoms with Gasteiger partial charge in [-0.15, -0.1) is 0 Å². The molecule has 0 heterocycles. The van der Waals surface area contributed by atoms with E-state index >= 15 is 0 Å². The van der Waals surface area contributed by atoms with E-state index < -0.39 is 0 Å². The van der Waals surface area contributed by atoms with Gasteiger partial charge in [0.15, 0.2) is 5.78 Å². The first-order valence-electron chi connectivity index (χ1n) is 4.29. The fraction of sp³-hybridized carbons (Fsp3) is 0.0833. The van der Waals surface area contributed by atoms with Crippen molar-refractivity contribution in [2.75, 3.05) is 5.73 Å². The zero-order chi connectivity index (χ0) is 10.7. The average Bonchev–Trinajstić information content (AvgIpc) is 2.17. The fourth-order valence-corrected chi connectivity index (χ4v) is 1.29. The van der Waals surface area contributed by atoms with Crippen LogP contribution in [0.5, 0.6) is 0 Å². The van der Waals surface area contributed by atoms with Crippen LogP contribution in [0.1, 0.15) is 21.5 Å². The number of anilines is 1. The van der Waals surface area contributed by atoms with E-state index in [-0.39, 0.29) is 5.78 Å². The second kappa shape index (κ2) is 3.92. The Balaban J connectivity index is 3.37. The molecule has 2 nitrogen and oxygen atoms in total. The Hall–Kier alpha value is -1.83. The molecule has 1 rings (SSSR count). The van der Waals surface area contributed by atoms with Crippen molar-refractivity contribution in [1.29, 1.82) is 0 Å². The molecule has 0 atom stereocenters. The first kappa shape index (κ1) is 10.3. The quantitative estimate of drug-likeness (QED) is 0.449. The number of aryl methyl sites for hydroxylation is 1. The molecule has 0 radical (unpaired) electrons. The molecule has 1 aromatic rings. The van der Waals surface area contributed by atoms with Crippen LogP contribution in [0, 0.1) is 6.92 Å². The van der Waals surface area contributed by atoms with Gasteiger partial charge >= 0.3 is 0 Å². The molecule has 0 aliphatic heterocycles. The van der Waals surface area contributed by atoms with Crippen molar-refractivity contribution in [3.05, 3.63) is 48.1 Å². The average molecular weight is 187 g/mol. The van der Waals surface area contributed by atoms with Crippen LogP contribution in [0.4, 0.5) is 5.69 Å². The van der Waals surface area contributed by atoms with Crippen LogP contribution >= 0.6 is 0 Å². The summed E-state index contributed by atoms with van der Waals surface area (Å²) < 4.78 is 0. The molecule has 0 bridgehead atoms. The van der Waals surface area contributed by atoms with Crippen LogP contribution in [0.15, 0.2) is 31.4 Å². The number of hydrogen-bond acceptors (Lipinski definition) is 2. The van der Waals surface area contributed by atoms with Gasteiger partial charge in [0.05, 0.1) is 0 Å². The van der Waals surface area contributed by atoms with E-state index in [4.69, 9.17) is 5.73 Å². The smallest absolute Gasteiger partial charge is 0.187 e. The standard InChI is InChI=1S/C12H13NO/c1-4-9-7-10(12(14)5-2)11(13)6-8(9)3/h4-7H,1-2,13H2,3H3. The Labute approximate surface area is 83.7 Å². The number of rotatable bonds is 3. The van der Waals surface area contributed by atoms with Gasteiger partial charge in [0.2, 0.25) is 0 Å². The topological polar surface area (TPSA) is 43.1 Å². The molecule has 0 saturated heterocycles. The van der Waals surface area contributed by atoms with Gasteiger partial charge in [-0.2, -0.15) is 0 Å². The van der Waals surface area contributed by atoms with Gasteiger partial charge in [0.25, 0.3) is 0 Å². The predicted octanol–water partition coefficient (Wildman–Crippen LogP) is 2.59. The van der Waals surface area contributed by atoms with Crippen molar-refractivity contribution in [3.8, 4) is 0 Å². The van der Waals surface area contributed by atoms with E-state index in [1.165, 1.54) is 6.08 Å². The van der Waals surface area contributed by atoms with Crippen molar-refractivity contribution in [1.82, 2.24) is 0 Å². The Bertz CT molecular complexity index is 405. The number of ketones is 1. The lowest BCUT2D eigenvalue weighted by Crippen LogP contribution is -2.02. The second-order valence-electron chi connectivity index (χ2n) is 3.07. The van der Waals surface area contributed by atoms with Crippen LogP contribution in [0.2, 0.25) is 0 Å². The summed E-state index contributed by atoms with van der Waals surface area (Å²) in [6, 6.07) is 3.51. The zero-order valence-corrected chi connectivity index (χ0v) is 8.21. The number of benzene rings is 1. The highest BCUT2D eigenvalue weighted by Crippen LogP contribution is 2.20. The summed E-state index contributed by atoms with van der Waals surface area (Å²) >= 11 is 0. The largest absolute Gasteiger partial charge is 0.398 e. The van der Waals surface area contributed by atoms with Gasteiger partial charge in [0, 0.05) is 11.3 Å². The SMILES string of the molecule is C=CC(=O)c1cc(C=C)c(C)cc1N. The van der Waals surface area contributed by atoms with E-state index in [2.05, 4.69) is 13.2 Å². The molecule has 0 amide bonds. The number of nitrogens with two attached hydrogens (primary N) is 1. The maximum Gasteiger partial charge on any atom is 0.187 e. The summed E-state index contributed by atoms with van der Waals surface area (Å²) in [5, 5.41) is 0. The van der Waals surface area contributed by atoms with Crippen LogP contribution in [-0.2, 0) is 0 Å². The van der Waals surface area contributed by atoms with Gasteiger partial charge in [-0.1, -0.05) is 19.2 Å². The molecule has 2 N–H and O–H groups in total. The first-order chi connectivity index (χ1) is 6.60. The molecule has 0 fully saturated rings. The minimum atomic E-state index is -0.161. The third kappa shape index (κ3) is 1.74. The Morgan fingerprint density at radius 3 is 2.57 bits per heavy atom. The molecule has 0 unspecified atom stereocenters. The van der Waals surface area contributed by atoms with Gasteiger partial charge in [0.1, 0.15) is 0 Å². The third-order valence-corrected chi connectivity index (χ3v) is 2.11. The third-order valence-electron chi connectivity index (χ3n) is 2.11. The molecule has 1 aromatic carbocycles. The molecule has 0 spiro atoms. The highest BCUT2D eigenvalue weighted by atomic mass is 16.1. The molecular formula is C12H13NO. The lowest BCUT2D eigenvalue weighted by Gasteiger charge is -2.06. The maximum atomic E-state index is 11.4. The van der Waals surface area contributed by atoms with E-state index in [0.717, 1.165) is 11.1 Å². The van der Waals surface area contributed by atoms with Crippen LogP contribution < -0.4 is 5.73 Å². The van der Waals surface area contributed by atoms with Crippen molar-refractivity contribution in [2.45, 2.75) is 6.92 Å². The van der Waals surface area contributed by atoms with Crippen LogP contribution in [0.25, 0.3) is 6.08 Å². The summed E-state index contributed by atoms with van der Waals surface area (Å²) in [5.74, 6) is -0.161. The Kier molecular flexibility index (Phi) is 2.87. The lowest BCUT2D eigenvalue weighted by molar-refractivity contribution is 0.104. The van der Waals surface area contributed by atoms with Crippen molar-refractivity contribution in [2.24, 2.45) is 0 Å². The minimum Gasteiger partial charge on any atom is -0.398 e. The summed E-state index contributed by atoms with van der Waals surface area (Å²) in [6.45, 7) is 9.02. The van der Waals surface area contributed by atoms with Gasteiger partial charge < -0.3 is 5.73 Å². The maximum absolute atomic E-state index is 11.4. The normalized spacial score (nSPS) is 9.50. The zero-order valence-electron chi connectivity index (χ0n) is 8.21. The predicted molar refractivity (Wildman–Crippen MR) is 60.2 cm³/mol. The van der Waals surface area contributed by atoms with Gasteiger partial charge in [-0.25, -0.2) is 0 Å². The highest BCUT2D eigenvalue weighted by molar-refractivity contribution is 6.08. The van der Waals surface area contributed by atoms with Crippen molar-refractivity contribution >= 4 is 17.5 Å². The summed E-state index contributed by atoms with van der Waals surface area (Å²) in [5.41, 5.74) is 8.62. The number of carbonyl (C=O) groups is 1. The highest BCUT2D eigenvalue weighted by Gasteiger charge is 2.08. The number of allylic oxidation sites excluding steroid dienone is 1. The molecule has 14 heavy (non-hydrogen) atoms. The molecular weight excluding hydrogens is 174 g/mol. The Morgan fingerprint density at radius 2 is 2.07 bits per heavy atom. The summed E-state index contributed by atoms with van der Waals surface area (Å²) in [7, 11) is 0. The number of hydrogen-bond donors (Lipinski definition) is 1. The molecule has 0 aliphatic carbocycles. The first-order valence-corrected chi connectivity index (χ1v) is 4.29. The van der Waals surface area contributed by atoms with E-state index in [9.17, 15) is 4.79 Å². The lowest BCUT2D eigenvalue weighted by atomic mass is 10.0. The number of nitrogen functional groups attached to an aromatic ring is 1. The summed E-state index contributed by atoms with van der Waals surface area (Å²) in [4.78, 5) is 11.4. The number of carbonyl (C=O) groups excluding carboxylic acids is 1. The van der Waals surface area contributed by atoms with Crippen molar-refractivity contribution in [3.63, 3.8) is 0 Å². The molecule has 2 heteroatoms. The Morgan fingerprint density at radius 1 is 1.43 bits per heavy atom. The van der Waals surface area contributed by atoms with E-state index in [1.54, 1.807) is 18.2 Å². The van der Waals surface area contributed by atoms with Crippen molar-refractivity contribution < 1.29 is 4.79 Å². The second-order valence-corrected chi connectivity index (χ2v) is 3.07. The summed E-state index contributed by atoms with van der Waals surface area (Å²) in [6.07, 6.45) is 2.96. The van der Waals surface area contributed by atoms with Gasteiger partial charge in [-0.05, 0) is 36.3 Å². The van der Waals surface area contributed by atoms with Crippen LogP contribution in [-0.4, -0.2) is 5.78 Å². The van der Waals surface area contributed by atoms with E-state index in [1.807, 2.05) is 6.92 Å².